The van der Waals surface area contributed by atoms with E-state index in [1.807, 2.05) is 0 Å². The van der Waals surface area contributed by atoms with Crippen LogP contribution in [0.1, 0.15) is 55.8 Å². The molecule has 7 heteroatoms. The Morgan fingerprint density at radius 2 is 1.62 bits per heavy atom. The summed E-state index contributed by atoms with van der Waals surface area (Å²) in [5, 5.41) is 3.03. The lowest BCUT2D eigenvalue weighted by Gasteiger charge is -2.29. The van der Waals surface area contributed by atoms with Crippen molar-refractivity contribution in [1.29, 1.82) is 0 Å². The summed E-state index contributed by atoms with van der Waals surface area (Å²) in [6, 6.07) is 6.68. The molecular weight excluding hydrogens is 350 g/mol. The maximum Gasteiger partial charge on any atom is 0.251 e. The second-order valence-electron chi connectivity index (χ2n) is 7.70. The maximum atomic E-state index is 12.7. The van der Waals surface area contributed by atoms with Gasteiger partial charge in [-0.3, -0.25) is 4.79 Å². The zero-order valence-electron chi connectivity index (χ0n) is 15.4. The number of nitrogens with one attached hydrogen (secondary N) is 1. The van der Waals surface area contributed by atoms with Crippen molar-refractivity contribution < 1.29 is 13.2 Å². The van der Waals surface area contributed by atoms with Gasteiger partial charge in [-0.15, -0.1) is 0 Å². The highest BCUT2D eigenvalue weighted by atomic mass is 32.2. The predicted octanol–water partition coefficient (Wildman–Crippen LogP) is 2.11. The van der Waals surface area contributed by atoms with E-state index in [-0.39, 0.29) is 22.9 Å². The van der Waals surface area contributed by atoms with Gasteiger partial charge in [0.2, 0.25) is 10.0 Å². The van der Waals surface area contributed by atoms with Gasteiger partial charge in [0.25, 0.3) is 5.91 Å². The fraction of sp³-hybridized carbons (Fsp3) is 0.632. The molecule has 0 atom stereocenters. The molecule has 1 heterocycles. The van der Waals surface area contributed by atoms with Crippen LogP contribution in [0.5, 0.6) is 0 Å². The first-order valence-electron chi connectivity index (χ1n) is 9.53. The molecule has 1 aliphatic heterocycles. The van der Waals surface area contributed by atoms with Crippen LogP contribution in [-0.4, -0.2) is 43.8 Å². The minimum atomic E-state index is -3.47. The standard InChI is InChI=1S/C19H29N3O3S/c1-14-10-12-22(13-11-14)26(24,25)18-8-2-15(3-9-18)19(23)21-17-6-4-16(20)5-7-17/h2-3,8-9,14,16-17H,4-7,10-13,20H2,1H3,(H,21,23). The monoisotopic (exact) mass is 379 g/mol. The van der Waals surface area contributed by atoms with Crippen LogP contribution in [0, 0.1) is 5.92 Å². The molecule has 3 N–H and O–H groups in total. The molecule has 0 aromatic heterocycles. The molecule has 1 aromatic rings. The zero-order chi connectivity index (χ0) is 18.7. The van der Waals surface area contributed by atoms with Gasteiger partial charge in [-0.2, -0.15) is 4.31 Å². The van der Waals surface area contributed by atoms with Gasteiger partial charge in [-0.1, -0.05) is 6.92 Å². The molecule has 2 fully saturated rings. The minimum Gasteiger partial charge on any atom is -0.349 e. The molecule has 1 saturated heterocycles. The highest BCUT2D eigenvalue weighted by Gasteiger charge is 2.28. The fourth-order valence-electron chi connectivity index (χ4n) is 3.68. The first-order chi connectivity index (χ1) is 12.4. The average Bonchev–Trinajstić information content (AvgIpc) is 2.64. The SMILES string of the molecule is CC1CCN(S(=O)(=O)c2ccc(C(=O)NC3CCC(N)CC3)cc2)CC1. The molecule has 0 radical (unpaired) electrons. The number of rotatable bonds is 4. The minimum absolute atomic E-state index is 0.152. The number of hydrogen-bond donors (Lipinski definition) is 2. The molecule has 144 valence electrons. The van der Waals surface area contributed by atoms with Crippen molar-refractivity contribution in [2.45, 2.75) is 62.4 Å². The summed E-state index contributed by atoms with van der Waals surface area (Å²) in [5.41, 5.74) is 6.38. The van der Waals surface area contributed by atoms with Gasteiger partial charge in [0.15, 0.2) is 0 Å². The Kier molecular flexibility index (Phi) is 5.99. The van der Waals surface area contributed by atoms with Gasteiger partial charge < -0.3 is 11.1 Å². The predicted molar refractivity (Wildman–Crippen MR) is 101 cm³/mol. The van der Waals surface area contributed by atoms with E-state index in [0.717, 1.165) is 38.5 Å². The maximum absolute atomic E-state index is 12.7. The highest BCUT2D eigenvalue weighted by molar-refractivity contribution is 7.89. The van der Waals surface area contributed by atoms with Crippen LogP contribution in [-0.2, 0) is 10.0 Å². The third kappa shape index (κ3) is 4.45. The van der Waals surface area contributed by atoms with Crippen molar-refractivity contribution in [2.75, 3.05) is 13.1 Å². The summed E-state index contributed by atoms with van der Waals surface area (Å²) in [6.45, 7) is 3.28. The quantitative estimate of drug-likeness (QED) is 0.838. The van der Waals surface area contributed by atoms with Gasteiger partial charge in [-0.25, -0.2) is 8.42 Å². The van der Waals surface area contributed by atoms with E-state index in [2.05, 4.69) is 12.2 Å². The van der Waals surface area contributed by atoms with Crippen LogP contribution in [0.2, 0.25) is 0 Å². The third-order valence-corrected chi connectivity index (χ3v) is 7.52. The molecule has 1 amide bonds. The Bertz CT molecular complexity index is 717. The number of sulfonamides is 1. The lowest BCUT2D eigenvalue weighted by atomic mass is 9.91. The Morgan fingerprint density at radius 3 is 2.19 bits per heavy atom. The smallest absolute Gasteiger partial charge is 0.251 e. The van der Waals surface area contributed by atoms with Crippen LogP contribution in [0.3, 0.4) is 0 Å². The molecular formula is C19H29N3O3S. The normalized spacial score (nSPS) is 25.8. The molecule has 1 aromatic carbocycles. The van der Waals surface area contributed by atoms with E-state index in [1.54, 1.807) is 28.6 Å². The molecule has 1 saturated carbocycles. The molecule has 0 bridgehead atoms. The number of carbonyl (C=O) groups excluding carboxylic acids is 1. The summed E-state index contributed by atoms with van der Waals surface area (Å²) in [6.07, 6.45) is 5.43. The van der Waals surface area contributed by atoms with Crippen molar-refractivity contribution in [3.8, 4) is 0 Å². The lowest BCUT2D eigenvalue weighted by molar-refractivity contribution is 0.0925. The summed E-state index contributed by atoms with van der Waals surface area (Å²) in [7, 11) is -3.47. The number of nitrogens with zero attached hydrogens (tertiary/aromatic N) is 1. The molecule has 2 aliphatic rings. The number of benzene rings is 1. The van der Waals surface area contributed by atoms with Crippen molar-refractivity contribution in [3.63, 3.8) is 0 Å². The third-order valence-electron chi connectivity index (χ3n) is 5.60. The Morgan fingerprint density at radius 1 is 1.04 bits per heavy atom. The Labute approximate surface area is 156 Å². The van der Waals surface area contributed by atoms with Crippen LogP contribution < -0.4 is 11.1 Å². The number of carbonyl (C=O) groups is 1. The van der Waals surface area contributed by atoms with Crippen molar-refractivity contribution in [2.24, 2.45) is 11.7 Å². The van der Waals surface area contributed by atoms with Crippen LogP contribution in [0.25, 0.3) is 0 Å². The molecule has 6 nitrogen and oxygen atoms in total. The van der Waals surface area contributed by atoms with Gasteiger partial charge in [0.1, 0.15) is 0 Å². The topological polar surface area (TPSA) is 92.5 Å². The average molecular weight is 380 g/mol. The lowest BCUT2D eigenvalue weighted by Crippen LogP contribution is -2.40. The zero-order valence-corrected chi connectivity index (χ0v) is 16.2. The van der Waals surface area contributed by atoms with Crippen LogP contribution >= 0.6 is 0 Å². The number of amides is 1. The molecule has 0 spiro atoms. The Hall–Kier alpha value is -1.44. The fourth-order valence-corrected chi connectivity index (χ4v) is 5.15. The summed E-state index contributed by atoms with van der Waals surface area (Å²) >= 11 is 0. The van der Waals surface area contributed by atoms with Crippen molar-refractivity contribution in [3.05, 3.63) is 29.8 Å². The van der Waals surface area contributed by atoms with Crippen LogP contribution in [0.15, 0.2) is 29.2 Å². The number of nitrogens with two attached hydrogens (primary N) is 1. The summed E-state index contributed by atoms with van der Waals surface area (Å²) in [5.74, 6) is 0.420. The van der Waals surface area contributed by atoms with Gasteiger partial charge in [0.05, 0.1) is 4.90 Å². The largest absolute Gasteiger partial charge is 0.349 e. The molecule has 26 heavy (non-hydrogen) atoms. The molecule has 3 rings (SSSR count). The first kappa shape index (κ1) is 19.3. The van der Waals surface area contributed by atoms with E-state index < -0.39 is 10.0 Å². The van der Waals surface area contributed by atoms with E-state index in [4.69, 9.17) is 5.73 Å². The van der Waals surface area contributed by atoms with Crippen molar-refractivity contribution >= 4 is 15.9 Å². The van der Waals surface area contributed by atoms with Gasteiger partial charge in [0, 0.05) is 30.7 Å². The summed E-state index contributed by atoms with van der Waals surface area (Å²) in [4.78, 5) is 12.6. The first-order valence-corrected chi connectivity index (χ1v) is 11.0. The molecule has 1 aliphatic carbocycles. The number of hydrogen-bond acceptors (Lipinski definition) is 4. The Balaban J connectivity index is 1.63. The van der Waals surface area contributed by atoms with Crippen molar-refractivity contribution in [1.82, 2.24) is 9.62 Å². The van der Waals surface area contributed by atoms with E-state index in [1.165, 1.54) is 0 Å². The van der Waals surface area contributed by atoms with E-state index in [0.29, 0.717) is 24.6 Å². The van der Waals surface area contributed by atoms with Crippen LogP contribution in [0.4, 0.5) is 0 Å². The summed E-state index contributed by atoms with van der Waals surface area (Å²) < 4.78 is 27.0. The van der Waals surface area contributed by atoms with Gasteiger partial charge in [-0.05, 0) is 68.7 Å². The number of piperidine rings is 1. The van der Waals surface area contributed by atoms with E-state index >= 15 is 0 Å². The second-order valence-corrected chi connectivity index (χ2v) is 9.63. The second kappa shape index (κ2) is 8.06. The highest BCUT2D eigenvalue weighted by Crippen LogP contribution is 2.24. The molecule has 0 unspecified atom stereocenters. The van der Waals surface area contributed by atoms with E-state index in [9.17, 15) is 13.2 Å². The van der Waals surface area contributed by atoms with Gasteiger partial charge >= 0.3 is 0 Å².